The molecule has 1 fully saturated rings. The van der Waals surface area contributed by atoms with Gasteiger partial charge in [0.1, 0.15) is 0 Å². The summed E-state index contributed by atoms with van der Waals surface area (Å²) in [7, 11) is 2.60. The van der Waals surface area contributed by atoms with Crippen molar-refractivity contribution in [3.8, 4) is 0 Å². The SMILES string of the molecule is C=C1CC(C(=O)OC)(C(=O)OC)C[C@H]1C(C)(C)c1c[nH]c2ccccc12. The number of carbonyl (C=O) groups excluding carboxylic acids is 2. The third-order valence-corrected chi connectivity index (χ3v) is 5.88. The zero-order valence-electron chi connectivity index (χ0n) is 15.7. The number of para-hydroxylation sites is 1. The van der Waals surface area contributed by atoms with Crippen LogP contribution in [0.3, 0.4) is 0 Å². The summed E-state index contributed by atoms with van der Waals surface area (Å²) in [5.41, 5.74) is 1.45. The summed E-state index contributed by atoms with van der Waals surface area (Å²) >= 11 is 0. The Bertz CT molecular complexity index is 861. The number of esters is 2. The lowest BCUT2D eigenvalue weighted by Crippen LogP contribution is -2.40. The van der Waals surface area contributed by atoms with Crippen LogP contribution in [0.2, 0.25) is 0 Å². The van der Waals surface area contributed by atoms with Gasteiger partial charge in [-0.1, -0.05) is 44.2 Å². The Kier molecular flexibility index (Phi) is 4.42. The normalized spacial score (nSPS) is 19.5. The number of nitrogens with one attached hydrogen (secondary N) is 1. The highest BCUT2D eigenvalue weighted by molar-refractivity contribution is 6.01. The van der Waals surface area contributed by atoms with Gasteiger partial charge in [0, 0.05) is 17.1 Å². The number of carbonyl (C=O) groups is 2. The zero-order chi connectivity index (χ0) is 19.1. The molecule has 0 amide bonds. The number of benzene rings is 1. The number of allylic oxidation sites excluding steroid dienone is 1. The fraction of sp³-hybridized carbons (Fsp3) is 0.429. The summed E-state index contributed by atoms with van der Waals surface area (Å²) in [4.78, 5) is 28.3. The van der Waals surface area contributed by atoms with Crippen LogP contribution < -0.4 is 0 Å². The Hall–Kier alpha value is -2.56. The van der Waals surface area contributed by atoms with Gasteiger partial charge in [0.15, 0.2) is 5.41 Å². The highest BCUT2D eigenvalue weighted by Crippen LogP contribution is 2.54. The molecule has 0 aliphatic heterocycles. The van der Waals surface area contributed by atoms with Gasteiger partial charge in [-0.3, -0.25) is 9.59 Å². The van der Waals surface area contributed by atoms with Crippen LogP contribution >= 0.6 is 0 Å². The van der Waals surface area contributed by atoms with Crippen molar-refractivity contribution in [2.24, 2.45) is 11.3 Å². The van der Waals surface area contributed by atoms with E-state index >= 15 is 0 Å². The first-order valence-electron chi connectivity index (χ1n) is 8.69. The fourth-order valence-corrected chi connectivity index (χ4v) is 4.42. The van der Waals surface area contributed by atoms with Crippen LogP contribution in [0.1, 0.15) is 32.3 Å². The van der Waals surface area contributed by atoms with E-state index in [1.165, 1.54) is 14.2 Å². The molecule has 1 aromatic heterocycles. The van der Waals surface area contributed by atoms with Crippen molar-refractivity contribution < 1.29 is 19.1 Å². The van der Waals surface area contributed by atoms with Crippen molar-refractivity contribution in [1.82, 2.24) is 4.98 Å². The molecule has 1 N–H and O–H groups in total. The lowest BCUT2D eigenvalue weighted by atomic mass is 9.70. The number of H-pyrrole nitrogens is 1. The standard InChI is InChI=1S/C21H25NO4/c1-13-10-21(18(23)25-4,19(24)26-5)11-15(13)20(2,3)16-12-22-17-9-7-6-8-14(16)17/h6-9,12,15,22H,1,10-11H2,2-5H3/t15-/m1/s1. The van der Waals surface area contributed by atoms with Gasteiger partial charge in [0.2, 0.25) is 0 Å². The minimum Gasteiger partial charge on any atom is -0.468 e. The summed E-state index contributed by atoms with van der Waals surface area (Å²) in [5.74, 6) is -1.16. The van der Waals surface area contributed by atoms with E-state index in [2.05, 4.69) is 31.5 Å². The van der Waals surface area contributed by atoms with Gasteiger partial charge < -0.3 is 14.5 Å². The number of fused-ring (bicyclic) bond motifs is 1. The van der Waals surface area contributed by atoms with Gasteiger partial charge in [0.25, 0.3) is 0 Å². The lowest BCUT2D eigenvalue weighted by molar-refractivity contribution is -0.168. The molecule has 0 spiro atoms. The monoisotopic (exact) mass is 355 g/mol. The minimum absolute atomic E-state index is 0.0556. The van der Waals surface area contributed by atoms with Gasteiger partial charge in [0.05, 0.1) is 14.2 Å². The van der Waals surface area contributed by atoms with Gasteiger partial charge in [-0.15, -0.1) is 0 Å². The van der Waals surface area contributed by atoms with Crippen molar-refractivity contribution in [3.05, 3.63) is 48.2 Å². The molecule has 0 unspecified atom stereocenters. The molecule has 3 rings (SSSR count). The molecular formula is C21H25NO4. The van der Waals surface area contributed by atoms with Crippen molar-refractivity contribution in [2.45, 2.75) is 32.1 Å². The first kappa shape index (κ1) is 18.2. The smallest absolute Gasteiger partial charge is 0.323 e. The molecule has 1 aliphatic carbocycles. The van der Waals surface area contributed by atoms with E-state index < -0.39 is 17.4 Å². The molecule has 0 saturated heterocycles. The number of rotatable bonds is 4. The number of ether oxygens (including phenoxy) is 2. The van der Waals surface area contributed by atoms with Crippen LogP contribution in [0.25, 0.3) is 10.9 Å². The molecule has 1 aromatic carbocycles. The number of aromatic amines is 1. The second-order valence-corrected chi connectivity index (χ2v) is 7.63. The van der Waals surface area contributed by atoms with Crippen molar-refractivity contribution in [2.75, 3.05) is 14.2 Å². The highest BCUT2D eigenvalue weighted by Gasteiger charge is 2.58. The van der Waals surface area contributed by atoms with Gasteiger partial charge in [-0.05, 0) is 35.8 Å². The molecule has 5 heteroatoms. The molecule has 0 radical (unpaired) electrons. The Morgan fingerprint density at radius 1 is 1.19 bits per heavy atom. The van der Waals surface area contributed by atoms with Crippen LogP contribution in [0.5, 0.6) is 0 Å². The summed E-state index contributed by atoms with van der Waals surface area (Å²) in [6.07, 6.45) is 2.59. The van der Waals surface area contributed by atoms with Crippen molar-refractivity contribution in [3.63, 3.8) is 0 Å². The fourth-order valence-electron chi connectivity index (χ4n) is 4.42. The van der Waals surface area contributed by atoms with E-state index in [4.69, 9.17) is 9.47 Å². The maximum absolute atomic E-state index is 12.5. The highest BCUT2D eigenvalue weighted by atomic mass is 16.5. The molecule has 26 heavy (non-hydrogen) atoms. The van der Waals surface area contributed by atoms with Crippen LogP contribution in [0.15, 0.2) is 42.6 Å². The predicted molar refractivity (Wildman–Crippen MR) is 99.7 cm³/mol. The third-order valence-electron chi connectivity index (χ3n) is 5.88. The first-order chi connectivity index (χ1) is 12.3. The Labute approximate surface area is 153 Å². The molecule has 1 heterocycles. The van der Waals surface area contributed by atoms with E-state index in [1.54, 1.807) is 0 Å². The van der Waals surface area contributed by atoms with E-state index in [0.29, 0.717) is 6.42 Å². The quantitative estimate of drug-likeness (QED) is 0.515. The first-order valence-corrected chi connectivity index (χ1v) is 8.69. The van der Waals surface area contributed by atoms with Crippen molar-refractivity contribution >= 4 is 22.8 Å². The number of hydrogen-bond donors (Lipinski definition) is 1. The number of aromatic nitrogens is 1. The van der Waals surface area contributed by atoms with E-state index in [9.17, 15) is 9.59 Å². The molecule has 1 atom stereocenters. The van der Waals surface area contributed by atoms with Gasteiger partial charge in [-0.2, -0.15) is 0 Å². The Morgan fingerprint density at radius 2 is 1.81 bits per heavy atom. The third kappa shape index (κ3) is 2.54. The average Bonchev–Trinajstić information content (AvgIpc) is 3.23. The molecule has 5 nitrogen and oxygen atoms in total. The maximum Gasteiger partial charge on any atom is 0.323 e. The molecule has 1 aliphatic rings. The lowest BCUT2D eigenvalue weighted by Gasteiger charge is -2.33. The Morgan fingerprint density at radius 3 is 2.42 bits per heavy atom. The average molecular weight is 355 g/mol. The second kappa shape index (κ2) is 6.31. The summed E-state index contributed by atoms with van der Waals surface area (Å²) in [6.45, 7) is 8.45. The maximum atomic E-state index is 12.5. The number of methoxy groups -OCH3 is 2. The molecule has 2 aromatic rings. The number of hydrogen-bond acceptors (Lipinski definition) is 4. The zero-order valence-corrected chi connectivity index (χ0v) is 15.7. The molecule has 0 bridgehead atoms. The summed E-state index contributed by atoms with van der Waals surface area (Å²) < 4.78 is 9.89. The van der Waals surface area contributed by atoms with Gasteiger partial charge in [-0.25, -0.2) is 0 Å². The largest absolute Gasteiger partial charge is 0.468 e. The molecule has 138 valence electrons. The van der Waals surface area contributed by atoms with Crippen LogP contribution in [-0.4, -0.2) is 31.1 Å². The predicted octanol–water partition coefficient (Wildman–Crippen LogP) is 3.74. The minimum atomic E-state index is -1.31. The van der Waals surface area contributed by atoms with Crippen LogP contribution in [0, 0.1) is 11.3 Å². The van der Waals surface area contributed by atoms with E-state index in [1.807, 2.05) is 24.4 Å². The Balaban J connectivity index is 2.04. The van der Waals surface area contributed by atoms with E-state index in [-0.39, 0.29) is 17.8 Å². The topological polar surface area (TPSA) is 68.4 Å². The van der Waals surface area contributed by atoms with Crippen molar-refractivity contribution in [1.29, 1.82) is 0 Å². The summed E-state index contributed by atoms with van der Waals surface area (Å²) in [6, 6.07) is 8.11. The van der Waals surface area contributed by atoms with E-state index in [0.717, 1.165) is 22.0 Å². The van der Waals surface area contributed by atoms with Gasteiger partial charge >= 0.3 is 11.9 Å². The van der Waals surface area contributed by atoms with Crippen LogP contribution in [-0.2, 0) is 24.5 Å². The molecular weight excluding hydrogens is 330 g/mol. The second-order valence-electron chi connectivity index (χ2n) is 7.63. The summed E-state index contributed by atoms with van der Waals surface area (Å²) in [5, 5.41) is 1.14. The molecule has 1 saturated carbocycles. The van der Waals surface area contributed by atoms with Crippen LogP contribution in [0.4, 0.5) is 0 Å².